The highest BCUT2D eigenvalue weighted by Gasteiger charge is 2.25. The third kappa shape index (κ3) is 3.20. The van der Waals surface area contributed by atoms with Crippen molar-refractivity contribution in [3.8, 4) is 0 Å². The maximum Gasteiger partial charge on any atom is 0.281 e. The molecule has 0 aliphatic rings. The number of benzene rings is 1. The Kier molecular flexibility index (Phi) is 4.54. The molecule has 1 aromatic carbocycles. The molecule has 0 bridgehead atoms. The lowest BCUT2D eigenvalue weighted by atomic mass is 10.3. The number of hydrogen-bond donors (Lipinski definition) is 1. The molecule has 112 valence electrons. The number of anilines is 1. The normalized spacial score (nSPS) is 11.4. The van der Waals surface area contributed by atoms with E-state index in [0.29, 0.717) is 5.56 Å². The molecule has 21 heavy (non-hydrogen) atoms. The summed E-state index contributed by atoms with van der Waals surface area (Å²) >= 11 is 0. The van der Waals surface area contributed by atoms with Crippen LogP contribution >= 0.6 is 0 Å². The van der Waals surface area contributed by atoms with E-state index in [4.69, 9.17) is 5.11 Å². The van der Waals surface area contributed by atoms with Crippen LogP contribution in [-0.2, 0) is 16.6 Å². The highest BCUT2D eigenvalue weighted by molar-refractivity contribution is 7.92. The number of hydrogen-bond acceptors (Lipinski definition) is 4. The summed E-state index contributed by atoms with van der Waals surface area (Å²) in [4.78, 5) is 3.85. The molecule has 5 nitrogen and oxygen atoms in total. The summed E-state index contributed by atoms with van der Waals surface area (Å²) in [6.45, 7) is 1.59. The fourth-order valence-corrected chi connectivity index (χ4v) is 3.28. The summed E-state index contributed by atoms with van der Waals surface area (Å²) in [5.41, 5.74) is 0.758. The van der Waals surface area contributed by atoms with E-state index in [-0.39, 0.29) is 23.9 Å². The molecular weight excluding hydrogens is 295 g/mol. The average Bonchev–Trinajstić information content (AvgIpc) is 2.48. The van der Waals surface area contributed by atoms with Crippen LogP contribution in [0.1, 0.15) is 12.5 Å². The van der Waals surface area contributed by atoms with Gasteiger partial charge in [-0.1, -0.05) is 12.1 Å². The number of aromatic nitrogens is 1. The van der Waals surface area contributed by atoms with Gasteiger partial charge in [0.1, 0.15) is 5.82 Å². The molecule has 7 heteroatoms. The van der Waals surface area contributed by atoms with Crippen LogP contribution in [-0.4, -0.2) is 25.1 Å². The lowest BCUT2D eigenvalue weighted by Crippen LogP contribution is -2.31. The van der Waals surface area contributed by atoms with Crippen molar-refractivity contribution in [1.29, 1.82) is 0 Å². The summed E-state index contributed by atoms with van der Waals surface area (Å²) in [7, 11) is -3.87. The highest BCUT2D eigenvalue weighted by atomic mass is 32.2. The van der Waals surface area contributed by atoms with Gasteiger partial charge in [-0.05, 0) is 36.8 Å². The Labute approximate surface area is 122 Å². The molecule has 1 N–H and O–H groups in total. The van der Waals surface area contributed by atoms with E-state index in [1.54, 1.807) is 6.92 Å². The second-order valence-corrected chi connectivity index (χ2v) is 6.12. The molecule has 0 unspecified atom stereocenters. The van der Waals surface area contributed by atoms with E-state index in [9.17, 15) is 12.8 Å². The van der Waals surface area contributed by atoms with Gasteiger partial charge < -0.3 is 5.11 Å². The Morgan fingerprint density at radius 2 is 2.05 bits per heavy atom. The van der Waals surface area contributed by atoms with Gasteiger partial charge in [-0.3, -0.25) is 4.31 Å². The summed E-state index contributed by atoms with van der Waals surface area (Å²) < 4.78 is 39.5. The van der Waals surface area contributed by atoms with Crippen molar-refractivity contribution in [2.45, 2.75) is 18.6 Å². The Morgan fingerprint density at radius 3 is 2.57 bits per heavy atom. The van der Waals surface area contributed by atoms with Gasteiger partial charge in [0.15, 0.2) is 5.03 Å². The van der Waals surface area contributed by atoms with Gasteiger partial charge in [0.25, 0.3) is 10.0 Å². The van der Waals surface area contributed by atoms with Gasteiger partial charge in [0, 0.05) is 12.7 Å². The minimum Gasteiger partial charge on any atom is -0.392 e. The van der Waals surface area contributed by atoms with E-state index >= 15 is 0 Å². The molecule has 0 saturated heterocycles. The van der Waals surface area contributed by atoms with Crippen LogP contribution in [0, 0.1) is 5.82 Å². The Balaban J connectivity index is 2.44. The zero-order chi connectivity index (χ0) is 15.5. The first kappa shape index (κ1) is 15.4. The fraction of sp³-hybridized carbons (Fsp3) is 0.214. The van der Waals surface area contributed by atoms with E-state index in [1.165, 1.54) is 36.5 Å². The number of nitrogens with zero attached hydrogens (tertiary/aromatic N) is 2. The maximum absolute atomic E-state index is 13.3. The topological polar surface area (TPSA) is 70.5 Å². The molecule has 2 aromatic rings. The third-order valence-corrected chi connectivity index (χ3v) is 4.74. The number of pyridine rings is 1. The molecule has 0 fully saturated rings. The number of halogens is 1. The monoisotopic (exact) mass is 310 g/mol. The molecule has 0 aliphatic heterocycles. The number of aliphatic hydroxyl groups is 1. The van der Waals surface area contributed by atoms with Gasteiger partial charge >= 0.3 is 0 Å². The molecular formula is C14H15FN2O3S. The summed E-state index contributed by atoms with van der Waals surface area (Å²) in [6.07, 6.45) is 1.30. The summed E-state index contributed by atoms with van der Waals surface area (Å²) in [5.74, 6) is -0.510. The van der Waals surface area contributed by atoms with Crippen molar-refractivity contribution in [3.63, 3.8) is 0 Å². The second-order valence-electron chi connectivity index (χ2n) is 4.31. The van der Waals surface area contributed by atoms with E-state index < -0.39 is 15.8 Å². The first-order valence-corrected chi connectivity index (χ1v) is 7.77. The van der Waals surface area contributed by atoms with Crippen molar-refractivity contribution in [2.24, 2.45) is 0 Å². The van der Waals surface area contributed by atoms with E-state index in [2.05, 4.69) is 4.98 Å². The van der Waals surface area contributed by atoms with Crippen molar-refractivity contribution in [3.05, 3.63) is 54.0 Å². The largest absolute Gasteiger partial charge is 0.392 e. The first-order chi connectivity index (χ1) is 9.98. The molecule has 0 amide bonds. The minimum atomic E-state index is -3.87. The van der Waals surface area contributed by atoms with Crippen LogP contribution in [0.5, 0.6) is 0 Å². The quantitative estimate of drug-likeness (QED) is 0.916. The zero-order valence-electron chi connectivity index (χ0n) is 11.4. The lowest BCUT2D eigenvalue weighted by molar-refractivity contribution is 0.281. The van der Waals surface area contributed by atoms with Crippen LogP contribution in [0.2, 0.25) is 0 Å². The summed E-state index contributed by atoms with van der Waals surface area (Å²) in [5, 5.41) is 8.81. The molecule has 0 radical (unpaired) electrons. The van der Waals surface area contributed by atoms with Crippen molar-refractivity contribution < 1.29 is 17.9 Å². The van der Waals surface area contributed by atoms with E-state index in [1.807, 2.05) is 0 Å². The number of sulfonamides is 1. The van der Waals surface area contributed by atoms with Crippen LogP contribution < -0.4 is 4.31 Å². The number of aliphatic hydroxyl groups excluding tert-OH is 1. The smallest absolute Gasteiger partial charge is 0.281 e. The fourth-order valence-electron chi connectivity index (χ4n) is 1.89. The van der Waals surface area contributed by atoms with E-state index in [0.717, 1.165) is 10.4 Å². The standard InChI is InChI=1S/C14H15FN2O3S/c1-2-17(13-5-3-4-12(15)8-13)21(19,20)14-7-6-11(10-18)9-16-14/h3-9,18H,2,10H2,1H3. The van der Waals surface area contributed by atoms with Gasteiger partial charge in [-0.25, -0.2) is 9.37 Å². The van der Waals surface area contributed by atoms with Crippen molar-refractivity contribution >= 4 is 15.7 Å². The SMILES string of the molecule is CCN(c1cccc(F)c1)S(=O)(=O)c1ccc(CO)cn1. The maximum atomic E-state index is 13.3. The first-order valence-electron chi connectivity index (χ1n) is 6.33. The lowest BCUT2D eigenvalue weighted by Gasteiger charge is -2.22. The van der Waals surface area contributed by atoms with Gasteiger partial charge in [0.05, 0.1) is 12.3 Å². The third-order valence-electron chi connectivity index (χ3n) is 2.92. The Bertz CT molecular complexity index is 717. The molecule has 0 aliphatic carbocycles. The Morgan fingerprint density at radius 1 is 1.29 bits per heavy atom. The molecule has 0 atom stereocenters. The van der Waals surface area contributed by atoms with Crippen LogP contribution in [0.25, 0.3) is 0 Å². The predicted molar refractivity (Wildman–Crippen MR) is 76.8 cm³/mol. The Hall–Kier alpha value is -1.99. The predicted octanol–water partition coefficient (Wildman–Crippen LogP) is 1.93. The zero-order valence-corrected chi connectivity index (χ0v) is 12.2. The van der Waals surface area contributed by atoms with Crippen LogP contribution in [0.3, 0.4) is 0 Å². The molecule has 2 rings (SSSR count). The van der Waals surface area contributed by atoms with Crippen molar-refractivity contribution in [2.75, 3.05) is 10.8 Å². The van der Waals surface area contributed by atoms with Crippen LogP contribution in [0.4, 0.5) is 10.1 Å². The number of rotatable bonds is 5. The molecule has 0 spiro atoms. The summed E-state index contributed by atoms with van der Waals surface area (Å²) in [6, 6.07) is 8.18. The van der Waals surface area contributed by atoms with Crippen molar-refractivity contribution in [1.82, 2.24) is 4.98 Å². The molecule has 1 aromatic heterocycles. The van der Waals surface area contributed by atoms with Crippen LogP contribution in [0.15, 0.2) is 47.6 Å². The van der Waals surface area contributed by atoms with Gasteiger partial charge in [0.2, 0.25) is 0 Å². The van der Waals surface area contributed by atoms with Gasteiger partial charge in [-0.15, -0.1) is 0 Å². The highest BCUT2D eigenvalue weighted by Crippen LogP contribution is 2.23. The average molecular weight is 310 g/mol. The van der Waals surface area contributed by atoms with Gasteiger partial charge in [-0.2, -0.15) is 8.42 Å². The second kappa shape index (κ2) is 6.19. The molecule has 1 heterocycles. The minimum absolute atomic E-state index is 0.147. The molecule has 0 saturated carbocycles.